The van der Waals surface area contributed by atoms with Crippen LogP contribution in [0.1, 0.15) is 12.8 Å². The number of nitrogens with one attached hydrogen (secondary N) is 1. The van der Waals surface area contributed by atoms with Crippen molar-refractivity contribution in [2.24, 2.45) is 0 Å². The van der Waals surface area contributed by atoms with E-state index in [-0.39, 0.29) is 12.8 Å². The lowest BCUT2D eigenvalue weighted by Crippen LogP contribution is -2.64. The molecule has 1 fully saturated rings. The van der Waals surface area contributed by atoms with Gasteiger partial charge in [0.1, 0.15) is 30.6 Å². The van der Waals surface area contributed by atoms with Crippen LogP contribution < -0.4 is 5.32 Å². The van der Waals surface area contributed by atoms with Crippen LogP contribution in [0, 0.1) is 0 Å². The molecule has 0 radical (unpaired) electrons. The van der Waals surface area contributed by atoms with Crippen LogP contribution in [0.5, 0.6) is 0 Å². The smallest absolute Gasteiger partial charge is 0.220 e. The quantitative estimate of drug-likeness (QED) is 0.331. The molecule has 0 aromatic carbocycles. The zero-order valence-electron chi connectivity index (χ0n) is 9.60. The van der Waals surface area contributed by atoms with Crippen molar-refractivity contribution in [2.45, 2.75) is 43.5 Å². The normalized spacial score (nSPS) is 36.1. The van der Waals surface area contributed by atoms with Crippen LogP contribution in [0.3, 0.4) is 0 Å². The van der Waals surface area contributed by atoms with E-state index in [2.05, 4.69) is 5.32 Å². The summed E-state index contributed by atoms with van der Waals surface area (Å²) in [5.41, 5.74) is 0. The maximum atomic E-state index is 11.3. The average molecular weight is 263 g/mol. The fourth-order valence-electron chi connectivity index (χ4n) is 1.70. The number of aldehydes is 1. The Bertz CT molecular complexity index is 298. The first-order valence-electron chi connectivity index (χ1n) is 5.54. The van der Waals surface area contributed by atoms with E-state index in [1.165, 1.54) is 0 Å². The molecule has 18 heavy (non-hydrogen) atoms. The van der Waals surface area contributed by atoms with Gasteiger partial charge in [0.25, 0.3) is 0 Å². The molecule has 1 heterocycles. The van der Waals surface area contributed by atoms with Crippen molar-refractivity contribution in [3.63, 3.8) is 0 Å². The molecule has 0 saturated carbocycles. The molecule has 1 aliphatic heterocycles. The average Bonchev–Trinajstić information content (AvgIpc) is 2.36. The molecule has 1 saturated heterocycles. The van der Waals surface area contributed by atoms with Crippen molar-refractivity contribution in [1.82, 2.24) is 5.32 Å². The van der Waals surface area contributed by atoms with Crippen LogP contribution in [0.4, 0.5) is 0 Å². The number of amides is 1. The summed E-state index contributed by atoms with van der Waals surface area (Å²) in [6, 6.07) is -1.21. The van der Waals surface area contributed by atoms with Crippen LogP contribution in [0.15, 0.2) is 0 Å². The van der Waals surface area contributed by atoms with Gasteiger partial charge < -0.3 is 35.3 Å². The Morgan fingerprint density at radius 1 is 1.28 bits per heavy atom. The molecule has 8 heteroatoms. The van der Waals surface area contributed by atoms with E-state index in [9.17, 15) is 24.9 Å². The Kier molecular flexibility index (Phi) is 5.63. The van der Waals surface area contributed by atoms with Gasteiger partial charge in [0.15, 0.2) is 6.29 Å². The number of hydrogen-bond donors (Lipinski definition) is 5. The second-order valence-electron chi connectivity index (χ2n) is 4.03. The Hall–Kier alpha value is -1.06. The van der Waals surface area contributed by atoms with Gasteiger partial charge in [-0.1, -0.05) is 0 Å². The van der Waals surface area contributed by atoms with Crippen LogP contribution >= 0.6 is 0 Å². The molecule has 0 bridgehead atoms. The third kappa shape index (κ3) is 3.47. The highest BCUT2D eigenvalue weighted by Crippen LogP contribution is 2.19. The summed E-state index contributed by atoms with van der Waals surface area (Å²) >= 11 is 0. The summed E-state index contributed by atoms with van der Waals surface area (Å²) in [5, 5.41) is 39.9. The molecule has 1 rings (SSSR count). The Balaban J connectivity index is 2.59. The molecule has 5 unspecified atom stereocenters. The summed E-state index contributed by atoms with van der Waals surface area (Å²) in [4.78, 5) is 21.4. The number of ether oxygens (including phenoxy) is 1. The van der Waals surface area contributed by atoms with Crippen molar-refractivity contribution in [2.75, 3.05) is 6.61 Å². The van der Waals surface area contributed by atoms with Crippen LogP contribution in [-0.4, -0.2) is 69.9 Å². The lowest BCUT2D eigenvalue weighted by atomic mass is 9.97. The maximum Gasteiger partial charge on any atom is 0.220 e. The molecule has 0 aliphatic carbocycles. The first-order chi connectivity index (χ1) is 8.51. The number of carbonyl (C=O) groups is 2. The van der Waals surface area contributed by atoms with E-state index in [4.69, 9.17) is 9.84 Å². The van der Waals surface area contributed by atoms with Crippen molar-refractivity contribution >= 4 is 12.2 Å². The first-order valence-corrected chi connectivity index (χ1v) is 5.54. The largest absolute Gasteiger partial charge is 0.394 e. The fourth-order valence-corrected chi connectivity index (χ4v) is 1.70. The van der Waals surface area contributed by atoms with E-state index in [1.807, 2.05) is 0 Å². The minimum Gasteiger partial charge on any atom is -0.394 e. The second-order valence-corrected chi connectivity index (χ2v) is 4.03. The van der Waals surface area contributed by atoms with E-state index in [0.717, 1.165) is 0 Å². The zero-order chi connectivity index (χ0) is 13.7. The number of aliphatic hydroxyl groups excluding tert-OH is 4. The van der Waals surface area contributed by atoms with Gasteiger partial charge in [-0.15, -0.1) is 0 Å². The van der Waals surface area contributed by atoms with E-state index in [0.29, 0.717) is 6.29 Å². The van der Waals surface area contributed by atoms with Gasteiger partial charge in [-0.05, 0) is 0 Å². The summed E-state index contributed by atoms with van der Waals surface area (Å²) in [6.45, 7) is -0.568. The predicted octanol–water partition coefficient (Wildman–Crippen LogP) is -3.12. The molecule has 8 nitrogen and oxygen atoms in total. The van der Waals surface area contributed by atoms with E-state index >= 15 is 0 Å². The summed E-state index contributed by atoms with van der Waals surface area (Å²) < 4.78 is 4.85. The lowest BCUT2D eigenvalue weighted by Gasteiger charge is -2.40. The number of aliphatic hydroxyl groups is 4. The van der Waals surface area contributed by atoms with Gasteiger partial charge >= 0.3 is 0 Å². The Labute approximate surface area is 103 Å². The molecule has 0 spiro atoms. The van der Waals surface area contributed by atoms with E-state index in [1.54, 1.807) is 0 Å². The van der Waals surface area contributed by atoms with Crippen molar-refractivity contribution in [3.8, 4) is 0 Å². The SMILES string of the molecule is O=CCCC(=O)NC1C(O)OC(CO)C(O)C1O. The maximum absolute atomic E-state index is 11.3. The zero-order valence-corrected chi connectivity index (χ0v) is 9.60. The standard InChI is InChI=1S/C10H17NO7/c12-3-1-2-6(14)11-7-9(16)8(15)5(4-13)18-10(7)17/h3,5,7-10,13,15-17H,1-2,4H2,(H,11,14). The van der Waals surface area contributed by atoms with Crippen LogP contribution in [-0.2, 0) is 14.3 Å². The topological polar surface area (TPSA) is 136 Å². The molecular weight excluding hydrogens is 246 g/mol. The number of carbonyl (C=O) groups excluding carboxylic acids is 2. The van der Waals surface area contributed by atoms with Gasteiger partial charge in [0, 0.05) is 12.8 Å². The van der Waals surface area contributed by atoms with Gasteiger partial charge in [-0.25, -0.2) is 0 Å². The minimum absolute atomic E-state index is 0.0212. The third-order valence-electron chi connectivity index (χ3n) is 2.72. The summed E-state index contributed by atoms with van der Waals surface area (Å²) in [5.74, 6) is -0.552. The van der Waals surface area contributed by atoms with Crippen molar-refractivity contribution in [3.05, 3.63) is 0 Å². The summed E-state index contributed by atoms with van der Waals surface area (Å²) in [6.07, 6.45) is -5.04. The second kappa shape index (κ2) is 6.76. The van der Waals surface area contributed by atoms with Gasteiger partial charge in [0.2, 0.25) is 5.91 Å². The van der Waals surface area contributed by atoms with E-state index < -0.39 is 43.2 Å². The monoisotopic (exact) mass is 263 g/mol. The highest BCUT2D eigenvalue weighted by molar-refractivity contribution is 5.78. The molecule has 1 amide bonds. The lowest BCUT2D eigenvalue weighted by molar-refractivity contribution is -0.253. The predicted molar refractivity (Wildman–Crippen MR) is 57.2 cm³/mol. The number of rotatable bonds is 5. The molecule has 0 aromatic heterocycles. The Morgan fingerprint density at radius 3 is 2.50 bits per heavy atom. The Morgan fingerprint density at radius 2 is 1.94 bits per heavy atom. The van der Waals surface area contributed by atoms with Crippen molar-refractivity contribution < 1.29 is 34.8 Å². The van der Waals surface area contributed by atoms with Gasteiger partial charge in [-0.2, -0.15) is 0 Å². The molecular formula is C10H17NO7. The molecule has 104 valence electrons. The molecule has 5 atom stereocenters. The van der Waals surface area contributed by atoms with Gasteiger partial charge in [0.05, 0.1) is 6.61 Å². The third-order valence-corrected chi connectivity index (χ3v) is 2.72. The highest BCUT2D eigenvalue weighted by atomic mass is 16.6. The molecule has 1 aliphatic rings. The molecule has 0 aromatic rings. The minimum atomic E-state index is -1.54. The van der Waals surface area contributed by atoms with Crippen LogP contribution in [0.25, 0.3) is 0 Å². The molecule has 5 N–H and O–H groups in total. The fraction of sp³-hybridized carbons (Fsp3) is 0.800. The van der Waals surface area contributed by atoms with Crippen LogP contribution in [0.2, 0.25) is 0 Å². The van der Waals surface area contributed by atoms with Crippen molar-refractivity contribution in [1.29, 1.82) is 0 Å². The highest BCUT2D eigenvalue weighted by Gasteiger charge is 2.44. The first kappa shape index (κ1) is 15.0. The summed E-state index contributed by atoms with van der Waals surface area (Å²) in [7, 11) is 0. The number of hydrogen-bond acceptors (Lipinski definition) is 7. The van der Waals surface area contributed by atoms with Gasteiger partial charge in [-0.3, -0.25) is 4.79 Å².